The molecule has 0 aliphatic carbocycles. The number of ketones is 2. The topological polar surface area (TPSA) is 212 Å². The van der Waals surface area contributed by atoms with Crippen LogP contribution in [0, 0.1) is 62.0 Å². The zero-order valence-corrected chi connectivity index (χ0v) is 67.8. The van der Waals surface area contributed by atoms with Crippen LogP contribution in [-0.4, -0.2) is 127 Å². The number of alkyl halides is 6. The molecule has 0 spiro atoms. The molecule has 0 aliphatic heterocycles. The van der Waals surface area contributed by atoms with E-state index >= 15 is 0 Å². The summed E-state index contributed by atoms with van der Waals surface area (Å²) in [6.07, 6.45) is -3.53. The van der Waals surface area contributed by atoms with E-state index in [0.717, 1.165) is 70.1 Å². The first kappa shape index (κ1) is 105. The molecule has 0 aromatic heterocycles. The summed E-state index contributed by atoms with van der Waals surface area (Å²) in [6.45, 7) is 33.8. The van der Waals surface area contributed by atoms with Crippen molar-refractivity contribution in [2.24, 2.45) is 10.8 Å². The average molecular weight is 1610 g/mol. The molecule has 25 heteroatoms. The van der Waals surface area contributed by atoms with E-state index in [9.17, 15) is 74.9 Å². The molecule has 6 aromatic rings. The molecule has 0 unspecified atom stereocenters. The van der Waals surface area contributed by atoms with Gasteiger partial charge in [-0.15, -0.1) is 0 Å². The Labute approximate surface area is 577 Å². The third-order valence-corrected chi connectivity index (χ3v) is 13.5. The van der Waals surface area contributed by atoms with Gasteiger partial charge in [0.05, 0.1) is 11.6 Å². The number of nitrogens with zero attached hydrogens (tertiary/aromatic N) is 1. The van der Waals surface area contributed by atoms with E-state index in [1.807, 2.05) is 172 Å². The predicted molar refractivity (Wildman–Crippen MR) is 383 cm³/mol. The first-order chi connectivity index (χ1) is 41.3. The molecule has 0 bridgehead atoms. The SMILES string of the molecule is CC(C)(C(F)(F)F)C(F)(F)F.CC(C)(C)C.CC(C)=O.CC(C)=O.CP(C)(=O)c1ccccc1.CP(C)(=O)c1ccccc1.CP(C)(=O)c1ccccc1.CS(C)(=O)=O.CS(C)(=O)=O.CS(C)(=O)=O.Cc1cc[c-]cc1.Cc1cc[c-]cc1.Cc1cccc(C)c1C#N.[W+2]. The van der Waals surface area contributed by atoms with E-state index in [4.69, 9.17) is 5.26 Å². The Bertz CT molecular complexity index is 3190. The number of aryl methyl sites for hydroxylation is 4. The summed E-state index contributed by atoms with van der Waals surface area (Å²) >= 11 is 0. The molecule has 532 valence electrons. The molecule has 0 N–H and O–H groups in total. The van der Waals surface area contributed by atoms with Crippen molar-refractivity contribution >= 4 is 78.4 Å². The molecule has 94 heavy (non-hydrogen) atoms. The van der Waals surface area contributed by atoms with Crippen molar-refractivity contribution in [3.63, 3.8) is 0 Å². The number of rotatable bonds is 3. The molecule has 0 aliphatic rings. The Hall–Kier alpha value is -5.04. The molecular formula is C69H104F6NO11P3S3W. The van der Waals surface area contributed by atoms with Crippen molar-refractivity contribution in [2.75, 3.05) is 77.5 Å². The van der Waals surface area contributed by atoms with Crippen molar-refractivity contribution in [3.05, 3.63) is 198 Å². The van der Waals surface area contributed by atoms with Crippen molar-refractivity contribution < 1.29 is 95.9 Å². The number of nitriles is 1. The van der Waals surface area contributed by atoms with Crippen LogP contribution < -0.4 is 15.9 Å². The fourth-order valence-corrected chi connectivity index (χ4v) is 7.12. The second-order valence-corrected chi connectivity index (χ2v) is 41.0. The zero-order valence-electron chi connectivity index (χ0n) is 59.7. The van der Waals surface area contributed by atoms with Gasteiger partial charge in [0.25, 0.3) is 0 Å². The molecule has 12 nitrogen and oxygen atoms in total. The summed E-state index contributed by atoms with van der Waals surface area (Å²) in [5.74, 6) is 0.333. The molecule has 0 amide bonds. The summed E-state index contributed by atoms with van der Waals surface area (Å²) in [7, 11) is -14.1. The Kier molecular flexibility index (Phi) is 57.2. The van der Waals surface area contributed by atoms with Gasteiger partial charge in [0.2, 0.25) is 0 Å². The van der Waals surface area contributed by atoms with E-state index < -0.39 is 68.7 Å². The zero-order chi connectivity index (χ0) is 75.3. The van der Waals surface area contributed by atoms with Crippen LogP contribution in [0.5, 0.6) is 0 Å². The normalized spacial score (nSPS) is 10.7. The molecule has 0 saturated carbocycles. The maximum Gasteiger partial charge on any atom is 2.00 e. The van der Waals surface area contributed by atoms with E-state index in [1.165, 1.54) is 38.8 Å². The summed E-state index contributed by atoms with van der Waals surface area (Å²) in [5.41, 5.74) is 2.38. The van der Waals surface area contributed by atoms with Crippen LogP contribution in [0.3, 0.4) is 0 Å². The second-order valence-electron chi connectivity index (χ2n) is 24.5. The summed E-state index contributed by atoms with van der Waals surface area (Å²) < 4.78 is 162. The molecule has 6 aromatic carbocycles. The standard InChI is InChI=1S/C9H9N.3C8H11OP.2C7H7.C5H6F6.C5H12.2C3H6O.3C2H6O2S.W/c1-7-4-3-5-8(2)9(7)6-10;3*1-10(2,9)8-6-4-3-5-7-8;2*1-7-5-3-2-4-6-7;1-3(2,4(6,7)8)5(9,10)11;1-5(2,3)4;2*1-3(2)4;3*1-5(2,3)4;/h3-5H,1-2H3;3*3-7H,1-2H3;2*3-6H,1H3;1-2H3;1-4H3;2*1-2H3;3*1-2H3;/q;;;;2*-1;;;;;;;;+2. The van der Waals surface area contributed by atoms with Gasteiger partial charge in [-0.2, -0.15) is 103 Å². The fourth-order valence-electron chi connectivity index (χ4n) is 4.45. The van der Waals surface area contributed by atoms with Gasteiger partial charge in [-0.1, -0.05) is 151 Å². The maximum atomic E-state index is 11.6. The maximum absolute atomic E-state index is 11.6. The Morgan fingerprint density at radius 2 is 0.574 bits per heavy atom. The quantitative estimate of drug-likeness (QED) is 0.0920. The number of sulfone groups is 3. The molecule has 0 fully saturated rings. The van der Waals surface area contributed by atoms with Gasteiger partial charge < -0.3 is 23.3 Å². The van der Waals surface area contributed by atoms with Crippen LogP contribution in [0.2, 0.25) is 0 Å². The van der Waals surface area contributed by atoms with Crippen molar-refractivity contribution in [1.29, 1.82) is 5.26 Å². The Balaban J connectivity index is -0.000000144. The number of benzene rings is 6. The monoisotopic (exact) mass is 1610 g/mol. The fraction of sp³-hybridized carbons (Fsp3) is 0.435. The molecule has 0 heterocycles. The molecular weight excluding hydrogens is 1510 g/mol. The van der Waals surface area contributed by atoms with Crippen molar-refractivity contribution in [1.82, 2.24) is 0 Å². The van der Waals surface area contributed by atoms with Crippen LogP contribution >= 0.6 is 21.4 Å². The number of Topliss-reactive ketones (excluding diaryl/α,β-unsaturated/α-hetero) is 2. The van der Waals surface area contributed by atoms with Crippen LogP contribution in [0.15, 0.2) is 158 Å². The van der Waals surface area contributed by atoms with E-state index in [2.05, 4.69) is 59.7 Å². The minimum Gasteiger partial charge on any atom is -0.319 e. The number of hydrogen-bond acceptors (Lipinski definition) is 12. The van der Waals surface area contributed by atoms with E-state index in [1.54, 1.807) is 40.0 Å². The first-order valence-corrected chi connectivity index (χ1v) is 42.7. The average Bonchev–Trinajstić information content (AvgIpc) is 0.798. The van der Waals surface area contributed by atoms with Gasteiger partial charge in [0.15, 0.2) is 5.41 Å². The molecule has 0 radical (unpaired) electrons. The largest absolute Gasteiger partial charge is 2.00 e. The minimum atomic E-state index is -5.24. The summed E-state index contributed by atoms with van der Waals surface area (Å²) in [5, 5.41) is 11.5. The van der Waals surface area contributed by atoms with Gasteiger partial charge in [-0.05, 0) is 112 Å². The summed E-state index contributed by atoms with van der Waals surface area (Å²) in [6, 6.07) is 58.3. The van der Waals surface area contributed by atoms with Gasteiger partial charge in [0.1, 0.15) is 62.5 Å². The number of halogens is 6. The molecule has 6 rings (SSSR count). The van der Waals surface area contributed by atoms with Crippen molar-refractivity contribution in [3.8, 4) is 6.07 Å². The van der Waals surface area contributed by atoms with Gasteiger partial charge in [-0.3, -0.25) is 0 Å². The third-order valence-electron chi connectivity index (χ3n) is 8.91. The van der Waals surface area contributed by atoms with Gasteiger partial charge >= 0.3 is 33.4 Å². The van der Waals surface area contributed by atoms with Crippen molar-refractivity contribution in [2.45, 2.75) is 109 Å². The van der Waals surface area contributed by atoms with Crippen LogP contribution in [0.1, 0.15) is 97.1 Å². The number of carbonyl (C=O) groups is 2. The van der Waals surface area contributed by atoms with Crippen LogP contribution in [-0.2, 0) is 73.9 Å². The van der Waals surface area contributed by atoms with Gasteiger partial charge in [-0.25, -0.2) is 25.3 Å². The van der Waals surface area contributed by atoms with Crippen LogP contribution in [0.4, 0.5) is 26.3 Å². The Morgan fingerprint density at radius 1 is 0.404 bits per heavy atom. The third kappa shape index (κ3) is 85.0. The summed E-state index contributed by atoms with van der Waals surface area (Å²) in [4.78, 5) is 18.9. The van der Waals surface area contributed by atoms with E-state index in [-0.39, 0.29) is 46.5 Å². The van der Waals surface area contributed by atoms with E-state index in [0.29, 0.717) is 5.41 Å². The molecule has 0 atom stereocenters. The first-order valence-electron chi connectivity index (χ1n) is 28.0. The predicted octanol–water partition coefficient (Wildman–Crippen LogP) is 16.9. The smallest absolute Gasteiger partial charge is 0.319 e. The number of carbonyl (C=O) groups excluding carboxylic acids is 2. The Morgan fingerprint density at radius 3 is 0.660 bits per heavy atom. The van der Waals surface area contributed by atoms with Crippen LogP contribution in [0.25, 0.3) is 0 Å². The second kappa shape index (κ2) is 51.2. The molecule has 0 saturated heterocycles. The number of hydrogen-bond donors (Lipinski definition) is 0. The minimum absolute atomic E-state index is 0. The van der Waals surface area contributed by atoms with Gasteiger partial charge in [0, 0.05) is 53.4 Å².